The highest BCUT2D eigenvalue weighted by molar-refractivity contribution is 5.00. The van der Waals surface area contributed by atoms with Gasteiger partial charge in [0.05, 0.1) is 0 Å². The molecule has 1 aromatic rings. The molecule has 0 N–H and O–H groups in total. The van der Waals surface area contributed by atoms with E-state index in [2.05, 4.69) is 11.1 Å². The zero-order valence-corrected chi connectivity index (χ0v) is 4.48. The van der Waals surface area contributed by atoms with Crippen molar-refractivity contribution in [3.05, 3.63) is 29.8 Å². The van der Waals surface area contributed by atoms with Crippen molar-refractivity contribution in [3.8, 4) is 0 Å². The normalized spacial score (nSPS) is 9.25. The Morgan fingerprint density at radius 1 is 1.75 bits per heavy atom. The molecule has 1 heterocycles. The summed E-state index contributed by atoms with van der Waals surface area (Å²) in [7, 11) is 0. The van der Waals surface area contributed by atoms with Crippen LogP contribution in [0.4, 0.5) is 4.39 Å². The third-order valence-corrected chi connectivity index (χ3v) is 0.789. The van der Waals surface area contributed by atoms with Crippen molar-refractivity contribution in [3.63, 3.8) is 0 Å². The van der Waals surface area contributed by atoms with E-state index in [0.29, 0.717) is 5.69 Å². The fourth-order valence-electron chi connectivity index (χ4n) is 0.461. The fraction of sp³-hybridized carbons (Fsp3) is 0.167. The number of hydrogen-bond acceptors (Lipinski definition) is 1. The van der Waals surface area contributed by atoms with Crippen LogP contribution in [0.2, 0.25) is 0 Å². The van der Waals surface area contributed by atoms with Gasteiger partial charge in [-0.2, -0.15) is 0 Å². The number of aryl methyl sites for hydroxylation is 1. The minimum Gasteiger partial charge on any atom is -0.261 e. The topological polar surface area (TPSA) is 12.9 Å². The van der Waals surface area contributed by atoms with Gasteiger partial charge >= 0.3 is 0 Å². The van der Waals surface area contributed by atoms with Gasteiger partial charge in [-0.15, -0.1) is 0 Å². The Bertz CT molecular complexity index is 168. The van der Waals surface area contributed by atoms with Gasteiger partial charge < -0.3 is 0 Å². The first-order valence-corrected chi connectivity index (χ1v) is 2.29. The Morgan fingerprint density at radius 3 is 2.88 bits per heavy atom. The van der Waals surface area contributed by atoms with Gasteiger partial charge in [-0.25, -0.2) is 4.39 Å². The molecule has 0 aromatic carbocycles. The number of nitrogens with zero attached hydrogens (tertiary/aromatic N) is 1. The molecule has 0 unspecified atom stereocenters. The average molecular weight is 110 g/mol. The lowest BCUT2D eigenvalue weighted by atomic mass is 10.4. The van der Waals surface area contributed by atoms with Gasteiger partial charge in [0.2, 0.25) is 0 Å². The molecule has 0 saturated heterocycles. The largest absolute Gasteiger partial charge is 0.261 e. The lowest BCUT2D eigenvalue weighted by molar-refractivity contribution is 0.621. The minimum absolute atomic E-state index is 0.350. The van der Waals surface area contributed by atoms with Crippen LogP contribution in [-0.2, 0) is 0 Å². The zero-order valence-electron chi connectivity index (χ0n) is 4.48. The van der Waals surface area contributed by atoms with Crippen molar-refractivity contribution < 1.29 is 4.39 Å². The van der Waals surface area contributed by atoms with E-state index in [1.165, 1.54) is 12.3 Å². The average Bonchev–Trinajstić information content (AvgIpc) is 1.64. The van der Waals surface area contributed by atoms with Crippen LogP contribution in [0.5, 0.6) is 0 Å². The maximum atomic E-state index is 12.1. The molecule has 0 bridgehead atoms. The van der Waals surface area contributed by atoms with Crippen LogP contribution in [0.15, 0.2) is 12.3 Å². The van der Waals surface area contributed by atoms with E-state index in [1.54, 1.807) is 6.92 Å². The van der Waals surface area contributed by atoms with Crippen molar-refractivity contribution in [1.82, 2.24) is 4.98 Å². The molecule has 1 nitrogen and oxygen atoms in total. The van der Waals surface area contributed by atoms with Crippen molar-refractivity contribution in [2.45, 2.75) is 6.92 Å². The first kappa shape index (κ1) is 5.22. The van der Waals surface area contributed by atoms with Gasteiger partial charge in [0, 0.05) is 18.0 Å². The summed E-state index contributed by atoms with van der Waals surface area (Å²) in [6, 6.07) is 3.66. The van der Waals surface area contributed by atoms with Gasteiger partial charge in [-0.1, -0.05) is 0 Å². The number of rotatable bonds is 0. The van der Waals surface area contributed by atoms with Crippen LogP contribution in [0, 0.1) is 18.8 Å². The summed E-state index contributed by atoms with van der Waals surface area (Å²) in [5.41, 5.74) is 0.588. The lowest BCUT2D eigenvalue weighted by Gasteiger charge is -1.85. The highest BCUT2D eigenvalue weighted by atomic mass is 19.1. The molecule has 0 aliphatic rings. The Balaban J connectivity index is 3.08. The van der Waals surface area contributed by atoms with Crippen LogP contribution >= 0.6 is 0 Å². The molecule has 8 heavy (non-hydrogen) atoms. The van der Waals surface area contributed by atoms with E-state index in [9.17, 15) is 4.39 Å². The zero-order chi connectivity index (χ0) is 5.98. The summed E-state index contributed by atoms with van der Waals surface area (Å²) in [5, 5.41) is 0. The first-order chi connectivity index (χ1) is 3.79. The highest BCUT2D eigenvalue weighted by Gasteiger charge is 1.87. The van der Waals surface area contributed by atoms with Gasteiger partial charge in [-0.3, -0.25) is 4.98 Å². The van der Waals surface area contributed by atoms with Crippen LogP contribution in [-0.4, -0.2) is 4.98 Å². The molecular weight excluding hydrogens is 105 g/mol. The van der Waals surface area contributed by atoms with Crippen LogP contribution < -0.4 is 0 Å². The van der Waals surface area contributed by atoms with E-state index in [4.69, 9.17) is 0 Å². The number of hydrogen-bond donors (Lipinski definition) is 0. The van der Waals surface area contributed by atoms with Crippen molar-refractivity contribution in [2.24, 2.45) is 0 Å². The lowest BCUT2D eigenvalue weighted by Crippen LogP contribution is -1.80. The van der Waals surface area contributed by atoms with Gasteiger partial charge in [0.1, 0.15) is 5.82 Å². The molecule has 0 aliphatic carbocycles. The second-order valence-corrected chi connectivity index (χ2v) is 1.50. The quantitative estimate of drug-likeness (QED) is 0.491. The molecule has 41 valence electrons. The van der Waals surface area contributed by atoms with Crippen LogP contribution in [0.25, 0.3) is 0 Å². The minimum atomic E-state index is -0.350. The Kier molecular flexibility index (Phi) is 1.24. The monoisotopic (exact) mass is 110 g/mol. The van der Waals surface area contributed by atoms with Crippen molar-refractivity contribution in [1.29, 1.82) is 0 Å². The molecule has 1 aromatic heterocycles. The molecular formula is C6H5FN. The maximum Gasteiger partial charge on any atom is 0.134 e. The highest BCUT2D eigenvalue weighted by Crippen LogP contribution is 1.94. The Morgan fingerprint density at radius 2 is 2.50 bits per heavy atom. The molecule has 0 saturated carbocycles. The number of halogens is 1. The van der Waals surface area contributed by atoms with Gasteiger partial charge in [0.25, 0.3) is 0 Å². The summed E-state index contributed by atoms with van der Waals surface area (Å²) < 4.78 is 12.1. The van der Waals surface area contributed by atoms with E-state index in [1.807, 2.05) is 0 Å². The van der Waals surface area contributed by atoms with Crippen LogP contribution in [0.1, 0.15) is 5.69 Å². The number of aromatic nitrogens is 1. The number of pyridine rings is 1. The summed E-state index contributed by atoms with van der Waals surface area (Å²) in [4.78, 5) is 3.74. The first-order valence-electron chi connectivity index (χ1n) is 2.29. The second kappa shape index (κ2) is 1.90. The summed E-state index contributed by atoms with van der Waals surface area (Å²) >= 11 is 0. The molecule has 0 amide bonds. The molecule has 0 spiro atoms. The maximum absolute atomic E-state index is 12.1. The Labute approximate surface area is 47.2 Å². The summed E-state index contributed by atoms with van der Waals surface area (Å²) in [5.74, 6) is -0.350. The molecule has 2 heteroatoms. The summed E-state index contributed by atoms with van der Waals surface area (Å²) in [6.45, 7) is 1.70. The van der Waals surface area contributed by atoms with Crippen LogP contribution in [0.3, 0.4) is 0 Å². The molecule has 0 atom stereocenters. The molecule has 1 radical (unpaired) electrons. The van der Waals surface area contributed by atoms with Gasteiger partial charge in [-0.05, 0) is 13.0 Å². The predicted molar refractivity (Wildman–Crippen MR) is 27.8 cm³/mol. The van der Waals surface area contributed by atoms with Gasteiger partial charge in [0.15, 0.2) is 0 Å². The van der Waals surface area contributed by atoms with Crippen molar-refractivity contribution >= 4 is 0 Å². The molecule has 0 fully saturated rings. The second-order valence-electron chi connectivity index (χ2n) is 1.50. The Hall–Kier alpha value is -0.920. The molecule has 1 rings (SSSR count). The van der Waals surface area contributed by atoms with E-state index in [-0.39, 0.29) is 5.82 Å². The standard InChI is InChI=1S/C6H5FN/c1-5-4-6(7)2-3-8-5/h2-3H,1H3. The third kappa shape index (κ3) is 1.03. The predicted octanol–water partition coefficient (Wildman–Crippen LogP) is 1.33. The van der Waals surface area contributed by atoms with Crippen molar-refractivity contribution in [2.75, 3.05) is 0 Å². The smallest absolute Gasteiger partial charge is 0.134 e. The van der Waals surface area contributed by atoms with E-state index >= 15 is 0 Å². The van der Waals surface area contributed by atoms with E-state index in [0.717, 1.165) is 0 Å². The summed E-state index contributed by atoms with van der Waals surface area (Å²) in [6.07, 6.45) is 1.42. The fourth-order valence-corrected chi connectivity index (χ4v) is 0.461. The van der Waals surface area contributed by atoms with E-state index < -0.39 is 0 Å². The molecule has 0 aliphatic heterocycles. The SMILES string of the molecule is Cc1[c]c(F)ccn1. The third-order valence-electron chi connectivity index (χ3n) is 0.789.